The molecule has 1 aliphatic rings. The molecule has 0 radical (unpaired) electrons. The number of carbonyl (C=O) groups excluding carboxylic acids is 3. The highest BCUT2D eigenvalue weighted by Crippen LogP contribution is 2.14. The van der Waals surface area contributed by atoms with Gasteiger partial charge in [-0.15, -0.1) is 0 Å². The minimum atomic E-state index is -0.827. The Labute approximate surface area is 116 Å². The maximum absolute atomic E-state index is 12.1. The molecule has 1 heterocycles. The Morgan fingerprint density at radius 3 is 2.65 bits per heavy atom. The molecule has 20 heavy (non-hydrogen) atoms. The highest BCUT2D eigenvalue weighted by atomic mass is 16.2. The van der Waals surface area contributed by atoms with Crippen LogP contribution in [0.2, 0.25) is 0 Å². The van der Waals surface area contributed by atoms with Crippen LogP contribution in [0.3, 0.4) is 0 Å². The van der Waals surface area contributed by atoms with E-state index in [0.717, 1.165) is 4.90 Å². The van der Waals surface area contributed by atoms with Crippen molar-refractivity contribution >= 4 is 17.7 Å². The smallest absolute Gasteiger partial charge is 0.251 e. The SMILES string of the molecule is CN1C(=O)CCC(NC(=O)[C@H](N)c2ccccc2)C1=O. The molecule has 0 saturated carbocycles. The number of carbonyl (C=O) groups is 3. The molecule has 0 aromatic heterocycles. The van der Waals surface area contributed by atoms with Gasteiger partial charge in [0.25, 0.3) is 5.91 Å². The minimum absolute atomic E-state index is 0.229. The van der Waals surface area contributed by atoms with Gasteiger partial charge in [0, 0.05) is 13.5 Å². The maximum Gasteiger partial charge on any atom is 0.251 e. The number of nitrogens with zero attached hydrogens (tertiary/aromatic N) is 1. The summed E-state index contributed by atoms with van der Waals surface area (Å²) in [5, 5.41) is 2.61. The summed E-state index contributed by atoms with van der Waals surface area (Å²) in [6, 6.07) is 7.42. The molecule has 0 spiro atoms. The van der Waals surface area contributed by atoms with Crippen LogP contribution in [0.5, 0.6) is 0 Å². The molecule has 1 aromatic rings. The predicted octanol–water partition coefficient (Wildman–Crippen LogP) is -0.0500. The number of likely N-dealkylation sites (tertiary alicyclic amines) is 1. The molecule has 1 saturated heterocycles. The van der Waals surface area contributed by atoms with Crippen LogP contribution in [0.15, 0.2) is 30.3 Å². The Hall–Kier alpha value is -2.21. The first-order valence-corrected chi connectivity index (χ1v) is 6.42. The lowest BCUT2D eigenvalue weighted by molar-refractivity contribution is -0.149. The molecule has 106 valence electrons. The zero-order chi connectivity index (χ0) is 14.7. The molecular formula is C14H17N3O3. The fourth-order valence-corrected chi connectivity index (χ4v) is 2.12. The highest BCUT2D eigenvalue weighted by Gasteiger charge is 2.33. The van der Waals surface area contributed by atoms with Gasteiger partial charge in [0.1, 0.15) is 12.1 Å². The largest absolute Gasteiger partial charge is 0.343 e. The molecule has 6 nitrogen and oxygen atoms in total. The van der Waals surface area contributed by atoms with Crippen LogP contribution in [0, 0.1) is 0 Å². The van der Waals surface area contributed by atoms with Crippen molar-refractivity contribution in [2.45, 2.75) is 24.9 Å². The second kappa shape index (κ2) is 5.83. The fourth-order valence-electron chi connectivity index (χ4n) is 2.12. The Bertz CT molecular complexity index is 530. The van der Waals surface area contributed by atoms with Gasteiger partial charge in [0.15, 0.2) is 0 Å². The number of hydrogen-bond donors (Lipinski definition) is 2. The predicted molar refractivity (Wildman–Crippen MR) is 72.3 cm³/mol. The van der Waals surface area contributed by atoms with Crippen molar-refractivity contribution in [3.05, 3.63) is 35.9 Å². The third-order valence-corrected chi connectivity index (χ3v) is 3.41. The molecule has 1 fully saturated rings. The Balaban J connectivity index is 2.01. The van der Waals surface area contributed by atoms with Crippen LogP contribution in [0.1, 0.15) is 24.4 Å². The lowest BCUT2D eigenvalue weighted by atomic mass is 10.0. The molecule has 3 amide bonds. The van der Waals surface area contributed by atoms with Gasteiger partial charge in [-0.2, -0.15) is 0 Å². The molecule has 3 N–H and O–H groups in total. The normalized spacial score (nSPS) is 20.7. The van der Waals surface area contributed by atoms with E-state index in [1.54, 1.807) is 24.3 Å². The van der Waals surface area contributed by atoms with Crippen LogP contribution < -0.4 is 11.1 Å². The number of rotatable bonds is 3. The summed E-state index contributed by atoms with van der Waals surface area (Å²) in [6.07, 6.45) is 0.559. The number of amides is 3. The average molecular weight is 275 g/mol. The van der Waals surface area contributed by atoms with Crippen LogP contribution in [0.4, 0.5) is 0 Å². The Morgan fingerprint density at radius 2 is 2.00 bits per heavy atom. The van der Waals surface area contributed by atoms with Gasteiger partial charge in [-0.1, -0.05) is 30.3 Å². The topological polar surface area (TPSA) is 92.5 Å². The first kappa shape index (κ1) is 14.2. The zero-order valence-electron chi connectivity index (χ0n) is 11.2. The third kappa shape index (κ3) is 2.85. The Kier molecular flexibility index (Phi) is 4.14. The second-order valence-electron chi connectivity index (χ2n) is 4.78. The van der Waals surface area contributed by atoms with Crippen LogP contribution in [-0.2, 0) is 14.4 Å². The molecule has 0 bridgehead atoms. The van der Waals surface area contributed by atoms with E-state index in [1.807, 2.05) is 6.07 Å². The van der Waals surface area contributed by atoms with Crippen molar-refractivity contribution in [1.29, 1.82) is 0 Å². The van der Waals surface area contributed by atoms with E-state index in [2.05, 4.69) is 5.32 Å². The number of hydrogen-bond acceptors (Lipinski definition) is 4. The van der Waals surface area contributed by atoms with Crippen molar-refractivity contribution < 1.29 is 14.4 Å². The second-order valence-corrected chi connectivity index (χ2v) is 4.78. The molecular weight excluding hydrogens is 258 g/mol. The van der Waals surface area contributed by atoms with Gasteiger partial charge in [0.05, 0.1) is 0 Å². The van der Waals surface area contributed by atoms with Gasteiger partial charge in [-0.05, 0) is 12.0 Å². The summed E-state index contributed by atoms with van der Waals surface area (Å²) in [7, 11) is 1.42. The molecule has 1 aliphatic heterocycles. The van der Waals surface area contributed by atoms with E-state index in [9.17, 15) is 14.4 Å². The van der Waals surface area contributed by atoms with E-state index in [4.69, 9.17) is 5.73 Å². The lowest BCUT2D eigenvalue weighted by Gasteiger charge is -2.28. The summed E-state index contributed by atoms with van der Waals surface area (Å²) >= 11 is 0. The monoisotopic (exact) mass is 275 g/mol. The number of benzene rings is 1. The van der Waals surface area contributed by atoms with E-state index in [1.165, 1.54) is 7.05 Å². The van der Waals surface area contributed by atoms with Crippen molar-refractivity contribution in [2.24, 2.45) is 5.73 Å². The number of nitrogens with one attached hydrogen (secondary N) is 1. The number of likely N-dealkylation sites (N-methyl/N-ethyl adjacent to an activating group) is 1. The van der Waals surface area contributed by atoms with Crippen molar-refractivity contribution in [1.82, 2.24) is 10.2 Å². The summed E-state index contributed by atoms with van der Waals surface area (Å²) in [5.41, 5.74) is 6.54. The molecule has 2 rings (SSSR count). The molecule has 2 atom stereocenters. The number of nitrogens with two attached hydrogens (primary N) is 1. The lowest BCUT2D eigenvalue weighted by Crippen LogP contribution is -2.54. The van der Waals surface area contributed by atoms with Gasteiger partial charge in [0.2, 0.25) is 11.8 Å². The van der Waals surface area contributed by atoms with E-state index in [-0.39, 0.29) is 12.3 Å². The minimum Gasteiger partial charge on any atom is -0.343 e. The quantitative estimate of drug-likeness (QED) is 0.756. The average Bonchev–Trinajstić information content (AvgIpc) is 2.48. The summed E-state index contributed by atoms with van der Waals surface area (Å²) in [4.78, 5) is 36.3. The zero-order valence-corrected chi connectivity index (χ0v) is 11.2. The first-order valence-electron chi connectivity index (χ1n) is 6.42. The summed E-state index contributed by atoms with van der Waals surface area (Å²) in [5.74, 6) is -1.04. The first-order chi connectivity index (χ1) is 9.50. The van der Waals surface area contributed by atoms with Crippen molar-refractivity contribution in [3.8, 4) is 0 Å². The van der Waals surface area contributed by atoms with Gasteiger partial charge < -0.3 is 11.1 Å². The number of imide groups is 1. The number of piperidine rings is 1. The van der Waals surface area contributed by atoms with Crippen LogP contribution in [0.25, 0.3) is 0 Å². The van der Waals surface area contributed by atoms with Gasteiger partial charge in [-0.3, -0.25) is 19.3 Å². The molecule has 6 heteroatoms. The van der Waals surface area contributed by atoms with E-state index < -0.39 is 23.9 Å². The van der Waals surface area contributed by atoms with Crippen molar-refractivity contribution in [3.63, 3.8) is 0 Å². The maximum atomic E-state index is 12.1. The Morgan fingerprint density at radius 1 is 1.35 bits per heavy atom. The van der Waals surface area contributed by atoms with Gasteiger partial charge in [-0.25, -0.2) is 0 Å². The third-order valence-electron chi connectivity index (χ3n) is 3.41. The van der Waals surface area contributed by atoms with Crippen LogP contribution in [-0.4, -0.2) is 35.7 Å². The highest BCUT2D eigenvalue weighted by molar-refractivity contribution is 6.01. The molecule has 0 aliphatic carbocycles. The van der Waals surface area contributed by atoms with Crippen molar-refractivity contribution in [2.75, 3.05) is 7.05 Å². The van der Waals surface area contributed by atoms with E-state index in [0.29, 0.717) is 12.0 Å². The molecule has 1 aromatic carbocycles. The fraction of sp³-hybridized carbons (Fsp3) is 0.357. The standard InChI is InChI=1S/C14H17N3O3/c1-17-11(18)8-7-10(14(17)20)16-13(19)12(15)9-5-3-2-4-6-9/h2-6,10,12H,7-8,15H2,1H3,(H,16,19)/t10?,12-/m1/s1. The summed E-state index contributed by atoms with van der Waals surface area (Å²) < 4.78 is 0. The molecule has 1 unspecified atom stereocenters. The summed E-state index contributed by atoms with van der Waals surface area (Å²) in [6.45, 7) is 0. The van der Waals surface area contributed by atoms with E-state index >= 15 is 0 Å². The van der Waals surface area contributed by atoms with Crippen LogP contribution >= 0.6 is 0 Å². The van der Waals surface area contributed by atoms with Gasteiger partial charge >= 0.3 is 0 Å².